The molecule has 3 aromatic rings. The predicted molar refractivity (Wildman–Crippen MR) is 124 cm³/mol. The third kappa shape index (κ3) is 4.48. The van der Waals surface area contributed by atoms with E-state index < -0.39 is 12.0 Å². The Kier molecular flexibility index (Phi) is 6.35. The molecular formula is C22H28N6O2S. The average molecular weight is 441 g/mol. The van der Waals surface area contributed by atoms with Crippen molar-refractivity contribution in [1.82, 2.24) is 15.3 Å². The number of hydrogen-bond donors (Lipinski definition) is 4. The second kappa shape index (κ2) is 9.17. The molecule has 4 heterocycles. The van der Waals surface area contributed by atoms with Gasteiger partial charge in [-0.25, -0.2) is 4.98 Å². The van der Waals surface area contributed by atoms with Gasteiger partial charge in [-0.2, -0.15) is 0 Å². The summed E-state index contributed by atoms with van der Waals surface area (Å²) in [6.45, 7) is 4.28. The number of aliphatic hydroxyl groups excluding tert-OH is 1. The molecule has 1 saturated heterocycles. The maximum absolute atomic E-state index is 11.7. The molecule has 9 heteroatoms. The Balaban J connectivity index is 1.42. The van der Waals surface area contributed by atoms with Gasteiger partial charge in [-0.1, -0.05) is 13.0 Å². The van der Waals surface area contributed by atoms with Gasteiger partial charge in [-0.05, 0) is 43.0 Å². The second-order valence-electron chi connectivity index (χ2n) is 7.82. The molecule has 0 bridgehead atoms. The van der Waals surface area contributed by atoms with E-state index in [0.717, 1.165) is 53.9 Å². The second-order valence-corrected chi connectivity index (χ2v) is 8.82. The number of fused-ring (bicyclic) bond motifs is 1. The number of piperidine rings is 1. The Morgan fingerprint density at radius 1 is 1.39 bits per heavy atom. The number of rotatable bonds is 7. The average Bonchev–Trinajstić information content (AvgIpc) is 3.14. The Morgan fingerprint density at radius 2 is 2.16 bits per heavy atom. The molecule has 6 N–H and O–H groups in total. The predicted octanol–water partition coefficient (Wildman–Crippen LogP) is 2.23. The molecule has 0 radical (unpaired) electrons. The normalized spacial score (nSPS) is 16.0. The lowest BCUT2D eigenvalue weighted by molar-refractivity contribution is 0.100. The van der Waals surface area contributed by atoms with Crippen LogP contribution < -0.4 is 21.7 Å². The minimum atomic E-state index is -0.612. The molecular weight excluding hydrogens is 412 g/mol. The number of nitrogens with one attached hydrogen (secondary N) is 1. The highest BCUT2D eigenvalue weighted by molar-refractivity contribution is 7.21. The van der Waals surface area contributed by atoms with Gasteiger partial charge >= 0.3 is 0 Å². The van der Waals surface area contributed by atoms with Gasteiger partial charge in [0.2, 0.25) is 0 Å². The van der Waals surface area contributed by atoms with Crippen LogP contribution in [0.5, 0.6) is 0 Å². The molecule has 1 aliphatic heterocycles. The van der Waals surface area contributed by atoms with Crippen molar-refractivity contribution in [3.63, 3.8) is 0 Å². The zero-order valence-electron chi connectivity index (χ0n) is 17.5. The summed E-state index contributed by atoms with van der Waals surface area (Å²) < 4.78 is 0. The molecule has 1 aliphatic rings. The van der Waals surface area contributed by atoms with Crippen LogP contribution >= 0.6 is 11.3 Å². The van der Waals surface area contributed by atoms with Crippen molar-refractivity contribution in [3.05, 3.63) is 46.6 Å². The van der Waals surface area contributed by atoms with E-state index in [-0.39, 0.29) is 0 Å². The Bertz CT molecular complexity index is 1060. The number of hydrogen-bond acceptors (Lipinski definition) is 8. The van der Waals surface area contributed by atoms with Crippen LogP contribution in [-0.4, -0.2) is 46.7 Å². The SMILES string of the molecule is CCc1cc(N2CCC(NCC(O)c3ccccn3)CC2)nc2sc(C(N)=O)c(N)c12. The first kappa shape index (κ1) is 21.5. The van der Waals surface area contributed by atoms with E-state index in [2.05, 4.69) is 28.2 Å². The van der Waals surface area contributed by atoms with E-state index in [4.69, 9.17) is 16.5 Å². The van der Waals surface area contributed by atoms with Crippen molar-refractivity contribution in [2.75, 3.05) is 30.3 Å². The molecule has 31 heavy (non-hydrogen) atoms. The first-order valence-electron chi connectivity index (χ1n) is 10.6. The van der Waals surface area contributed by atoms with Crippen molar-refractivity contribution >= 4 is 39.0 Å². The summed E-state index contributed by atoms with van der Waals surface area (Å²) in [6, 6.07) is 7.97. The maximum atomic E-state index is 11.7. The number of primary amides is 1. The zero-order valence-corrected chi connectivity index (χ0v) is 18.4. The maximum Gasteiger partial charge on any atom is 0.260 e. The van der Waals surface area contributed by atoms with Gasteiger partial charge in [-0.3, -0.25) is 9.78 Å². The summed E-state index contributed by atoms with van der Waals surface area (Å²) in [6.07, 6.45) is 3.79. The molecule has 1 amide bonds. The fraction of sp³-hybridized carbons (Fsp3) is 0.409. The van der Waals surface area contributed by atoms with Crippen LogP contribution in [0.25, 0.3) is 10.2 Å². The number of carbonyl (C=O) groups excluding carboxylic acids is 1. The van der Waals surface area contributed by atoms with Crippen LogP contribution in [-0.2, 0) is 6.42 Å². The number of carbonyl (C=O) groups is 1. The van der Waals surface area contributed by atoms with Gasteiger partial charge < -0.3 is 26.8 Å². The Morgan fingerprint density at radius 3 is 2.81 bits per heavy atom. The number of amides is 1. The highest BCUT2D eigenvalue weighted by Crippen LogP contribution is 2.37. The van der Waals surface area contributed by atoms with Crippen LogP contribution in [0.4, 0.5) is 11.5 Å². The van der Waals surface area contributed by atoms with E-state index in [1.54, 1.807) is 6.20 Å². The number of aromatic nitrogens is 2. The van der Waals surface area contributed by atoms with Crippen LogP contribution in [0.3, 0.4) is 0 Å². The molecule has 0 aliphatic carbocycles. The van der Waals surface area contributed by atoms with E-state index in [0.29, 0.717) is 28.8 Å². The summed E-state index contributed by atoms with van der Waals surface area (Å²) >= 11 is 1.27. The van der Waals surface area contributed by atoms with E-state index in [1.807, 2.05) is 18.2 Å². The lowest BCUT2D eigenvalue weighted by Gasteiger charge is -2.34. The van der Waals surface area contributed by atoms with Crippen molar-refractivity contribution in [2.45, 2.75) is 38.3 Å². The standard InChI is InChI=1S/C22H28N6O2S/c1-2-13-11-17(27-22-18(13)19(23)20(31-22)21(24)30)28-9-6-14(7-10-28)26-12-16(29)15-5-3-4-8-25-15/h3-5,8,11,14,16,26,29H,2,6-7,9-10,12,23H2,1H3,(H2,24,30). The van der Waals surface area contributed by atoms with Crippen molar-refractivity contribution in [3.8, 4) is 0 Å². The lowest BCUT2D eigenvalue weighted by atomic mass is 10.0. The zero-order chi connectivity index (χ0) is 22.0. The molecule has 0 saturated carbocycles. The highest BCUT2D eigenvalue weighted by atomic mass is 32.1. The lowest BCUT2D eigenvalue weighted by Crippen LogP contribution is -2.44. The molecule has 1 unspecified atom stereocenters. The summed E-state index contributed by atoms with van der Waals surface area (Å²) in [4.78, 5) is 24.1. The Hall–Kier alpha value is -2.75. The quantitative estimate of drug-likeness (QED) is 0.443. The molecule has 8 nitrogen and oxygen atoms in total. The summed E-state index contributed by atoms with van der Waals surface area (Å²) in [5.74, 6) is 0.400. The molecule has 1 atom stereocenters. The van der Waals surface area contributed by atoms with Gasteiger partial charge in [0.1, 0.15) is 21.6 Å². The van der Waals surface area contributed by atoms with Crippen LogP contribution in [0.1, 0.15) is 46.8 Å². The minimum Gasteiger partial charge on any atom is -0.397 e. The van der Waals surface area contributed by atoms with Gasteiger partial charge in [0, 0.05) is 37.3 Å². The van der Waals surface area contributed by atoms with E-state index >= 15 is 0 Å². The number of pyridine rings is 2. The van der Waals surface area contributed by atoms with Crippen molar-refractivity contribution in [1.29, 1.82) is 0 Å². The van der Waals surface area contributed by atoms with Crippen molar-refractivity contribution in [2.24, 2.45) is 5.73 Å². The monoisotopic (exact) mass is 440 g/mol. The van der Waals surface area contributed by atoms with E-state index in [1.165, 1.54) is 11.3 Å². The fourth-order valence-electron chi connectivity index (χ4n) is 4.08. The van der Waals surface area contributed by atoms with Crippen LogP contribution in [0.15, 0.2) is 30.5 Å². The summed E-state index contributed by atoms with van der Waals surface area (Å²) in [5, 5.41) is 14.6. The molecule has 4 rings (SSSR count). The van der Waals surface area contributed by atoms with E-state index in [9.17, 15) is 9.90 Å². The number of nitrogens with zero attached hydrogens (tertiary/aromatic N) is 3. The smallest absolute Gasteiger partial charge is 0.260 e. The number of aliphatic hydroxyl groups is 1. The van der Waals surface area contributed by atoms with Crippen LogP contribution in [0, 0.1) is 0 Å². The molecule has 3 aromatic heterocycles. The molecule has 164 valence electrons. The topological polar surface area (TPSA) is 130 Å². The van der Waals surface area contributed by atoms with Gasteiger partial charge in [0.15, 0.2) is 0 Å². The number of thiophene rings is 1. The van der Waals surface area contributed by atoms with Crippen molar-refractivity contribution < 1.29 is 9.90 Å². The van der Waals surface area contributed by atoms with Crippen LogP contribution in [0.2, 0.25) is 0 Å². The third-order valence-electron chi connectivity index (χ3n) is 5.82. The number of nitrogen functional groups attached to an aromatic ring is 1. The molecule has 0 aromatic carbocycles. The minimum absolute atomic E-state index is 0.336. The fourth-order valence-corrected chi connectivity index (χ4v) is 5.07. The Labute approximate surface area is 185 Å². The number of aryl methyl sites for hydroxylation is 1. The molecule has 0 spiro atoms. The van der Waals surface area contributed by atoms with Gasteiger partial charge in [0.25, 0.3) is 5.91 Å². The summed E-state index contributed by atoms with van der Waals surface area (Å²) in [7, 11) is 0. The first-order chi connectivity index (χ1) is 15.0. The third-order valence-corrected chi connectivity index (χ3v) is 6.93. The van der Waals surface area contributed by atoms with Gasteiger partial charge in [-0.15, -0.1) is 11.3 Å². The largest absolute Gasteiger partial charge is 0.397 e. The first-order valence-corrected chi connectivity index (χ1v) is 11.4. The summed E-state index contributed by atoms with van der Waals surface area (Å²) in [5.41, 5.74) is 13.9. The number of anilines is 2. The number of nitrogens with two attached hydrogens (primary N) is 2. The highest BCUT2D eigenvalue weighted by Gasteiger charge is 2.24. The van der Waals surface area contributed by atoms with Gasteiger partial charge in [0.05, 0.1) is 11.4 Å². The molecule has 1 fully saturated rings.